The zero-order chi connectivity index (χ0) is 20.2. The van der Waals surface area contributed by atoms with Crippen LogP contribution in [0, 0.1) is 0 Å². The van der Waals surface area contributed by atoms with E-state index in [0.29, 0.717) is 26.2 Å². The second kappa shape index (κ2) is 8.76. The van der Waals surface area contributed by atoms with Crippen LogP contribution in [0.2, 0.25) is 5.02 Å². The van der Waals surface area contributed by atoms with Gasteiger partial charge >= 0.3 is 0 Å². The first kappa shape index (κ1) is 19.6. The minimum Gasteiger partial charge on any atom is -0.339 e. The number of thiazole rings is 1. The molecule has 1 N–H and O–H groups in total. The van der Waals surface area contributed by atoms with Crippen LogP contribution in [0.5, 0.6) is 0 Å². The number of hydrogen-bond acceptors (Lipinski definition) is 4. The molecule has 0 atom stereocenters. The van der Waals surface area contributed by atoms with Crippen LogP contribution in [0.3, 0.4) is 0 Å². The van der Waals surface area contributed by atoms with E-state index in [1.807, 2.05) is 35.2 Å². The highest BCUT2D eigenvalue weighted by Crippen LogP contribution is 2.31. The highest BCUT2D eigenvalue weighted by atomic mass is 35.5. The molecule has 0 spiro atoms. The lowest BCUT2D eigenvalue weighted by atomic mass is 10.1. The van der Waals surface area contributed by atoms with Gasteiger partial charge in [-0.1, -0.05) is 41.9 Å². The Balaban J connectivity index is 1.54. The minimum absolute atomic E-state index is 0.0401. The van der Waals surface area contributed by atoms with Crippen molar-refractivity contribution in [3.8, 4) is 10.6 Å². The molecule has 1 saturated heterocycles. The van der Waals surface area contributed by atoms with E-state index in [0.717, 1.165) is 37.9 Å². The van der Waals surface area contributed by atoms with Gasteiger partial charge in [0.05, 0.1) is 22.5 Å². The molecule has 148 valence electrons. The molecule has 0 unspecified atom stereocenters. The zero-order valence-corrected chi connectivity index (χ0v) is 17.3. The van der Waals surface area contributed by atoms with E-state index in [-0.39, 0.29) is 11.8 Å². The van der Waals surface area contributed by atoms with Crippen molar-refractivity contribution in [2.45, 2.75) is 19.3 Å². The standard InChI is InChI=1S/C22H20ClN3O2S/c23-17-10-4-2-8-15(17)21-24-14-19(29-21)20(27)25-18-11-5-3-9-16(18)22(28)26-12-6-1-7-13-26/h2-5,8-11,14H,1,6-7,12-13H2,(H,25,27). The van der Waals surface area contributed by atoms with Gasteiger partial charge in [-0.15, -0.1) is 11.3 Å². The number of anilines is 1. The lowest BCUT2D eigenvalue weighted by molar-refractivity contribution is 0.0725. The van der Waals surface area contributed by atoms with Crippen molar-refractivity contribution in [2.75, 3.05) is 18.4 Å². The van der Waals surface area contributed by atoms with Gasteiger partial charge < -0.3 is 10.2 Å². The fourth-order valence-corrected chi connectivity index (χ4v) is 4.50. The highest BCUT2D eigenvalue weighted by Gasteiger charge is 2.22. The Labute approximate surface area is 178 Å². The molecule has 1 fully saturated rings. The molecule has 29 heavy (non-hydrogen) atoms. The summed E-state index contributed by atoms with van der Waals surface area (Å²) in [5.41, 5.74) is 1.82. The molecule has 4 rings (SSSR count). The highest BCUT2D eigenvalue weighted by molar-refractivity contribution is 7.17. The number of likely N-dealkylation sites (tertiary alicyclic amines) is 1. The van der Waals surface area contributed by atoms with Gasteiger partial charge in [0.15, 0.2) is 0 Å². The SMILES string of the molecule is O=C(Nc1ccccc1C(=O)N1CCCCC1)c1cnc(-c2ccccc2Cl)s1. The number of rotatable bonds is 4. The van der Waals surface area contributed by atoms with Crippen LogP contribution in [0.4, 0.5) is 5.69 Å². The molecule has 1 aliphatic heterocycles. The van der Waals surface area contributed by atoms with E-state index in [1.54, 1.807) is 18.2 Å². The molecule has 3 aromatic rings. The first-order chi connectivity index (χ1) is 14.1. The Bertz CT molecular complexity index is 1040. The smallest absolute Gasteiger partial charge is 0.267 e. The number of benzene rings is 2. The predicted octanol–water partition coefficient (Wildman–Crippen LogP) is 5.34. The Kier molecular flexibility index (Phi) is 5.92. The Morgan fingerprint density at radius 2 is 1.72 bits per heavy atom. The summed E-state index contributed by atoms with van der Waals surface area (Å²) in [6, 6.07) is 14.5. The summed E-state index contributed by atoms with van der Waals surface area (Å²) < 4.78 is 0. The maximum atomic E-state index is 12.9. The quantitative estimate of drug-likeness (QED) is 0.613. The van der Waals surface area contributed by atoms with Crippen LogP contribution in [-0.4, -0.2) is 34.8 Å². The topological polar surface area (TPSA) is 62.3 Å². The summed E-state index contributed by atoms with van der Waals surface area (Å²) in [4.78, 5) is 32.4. The average molecular weight is 426 g/mol. The third-order valence-electron chi connectivity index (χ3n) is 4.88. The number of nitrogens with zero attached hydrogens (tertiary/aromatic N) is 2. The molecule has 0 aliphatic carbocycles. The van der Waals surface area contributed by atoms with Crippen LogP contribution in [-0.2, 0) is 0 Å². The molecular weight excluding hydrogens is 406 g/mol. The molecule has 7 heteroatoms. The lowest BCUT2D eigenvalue weighted by Crippen LogP contribution is -2.36. The number of aromatic nitrogens is 1. The maximum absolute atomic E-state index is 12.9. The van der Waals surface area contributed by atoms with E-state index in [2.05, 4.69) is 10.3 Å². The Morgan fingerprint density at radius 1 is 1.00 bits per heavy atom. The van der Waals surface area contributed by atoms with E-state index in [1.165, 1.54) is 17.5 Å². The third kappa shape index (κ3) is 4.33. The second-order valence-electron chi connectivity index (χ2n) is 6.86. The predicted molar refractivity (Wildman–Crippen MR) is 117 cm³/mol. The van der Waals surface area contributed by atoms with Crippen molar-refractivity contribution < 1.29 is 9.59 Å². The van der Waals surface area contributed by atoms with Gasteiger partial charge in [0.1, 0.15) is 9.88 Å². The molecule has 1 aromatic heterocycles. The average Bonchev–Trinajstić information content (AvgIpc) is 3.25. The maximum Gasteiger partial charge on any atom is 0.267 e. The summed E-state index contributed by atoms with van der Waals surface area (Å²) in [6.07, 6.45) is 4.73. The molecular formula is C22H20ClN3O2S. The lowest BCUT2D eigenvalue weighted by Gasteiger charge is -2.27. The van der Waals surface area contributed by atoms with Crippen LogP contribution in [0.25, 0.3) is 10.6 Å². The Morgan fingerprint density at radius 3 is 2.52 bits per heavy atom. The van der Waals surface area contributed by atoms with Crippen molar-refractivity contribution >= 4 is 40.4 Å². The number of piperidine rings is 1. The van der Waals surface area contributed by atoms with Crippen molar-refractivity contribution in [1.82, 2.24) is 9.88 Å². The summed E-state index contributed by atoms with van der Waals surface area (Å²) >= 11 is 7.50. The van der Waals surface area contributed by atoms with Crippen molar-refractivity contribution in [1.29, 1.82) is 0 Å². The normalized spacial score (nSPS) is 13.9. The van der Waals surface area contributed by atoms with Gasteiger partial charge in [-0.25, -0.2) is 4.98 Å². The molecule has 1 aliphatic rings. The van der Waals surface area contributed by atoms with Crippen molar-refractivity contribution in [3.63, 3.8) is 0 Å². The van der Waals surface area contributed by atoms with Crippen LogP contribution in [0.1, 0.15) is 39.3 Å². The number of para-hydroxylation sites is 1. The second-order valence-corrected chi connectivity index (χ2v) is 8.30. The molecule has 5 nitrogen and oxygen atoms in total. The first-order valence-electron chi connectivity index (χ1n) is 9.54. The van der Waals surface area contributed by atoms with Crippen LogP contribution in [0.15, 0.2) is 54.7 Å². The number of nitrogens with one attached hydrogen (secondary N) is 1. The van der Waals surface area contributed by atoms with Crippen LogP contribution >= 0.6 is 22.9 Å². The fourth-order valence-electron chi connectivity index (χ4n) is 3.37. The summed E-state index contributed by atoms with van der Waals surface area (Å²) in [7, 11) is 0. The molecule has 2 heterocycles. The fraction of sp³-hybridized carbons (Fsp3) is 0.227. The van der Waals surface area contributed by atoms with Gasteiger partial charge in [-0.2, -0.15) is 0 Å². The number of hydrogen-bond donors (Lipinski definition) is 1. The van der Waals surface area contributed by atoms with E-state index in [9.17, 15) is 9.59 Å². The van der Waals surface area contributed by atoms with Gasteiger partial charge in [0.2, 0.25) is 0 Å². The molecule has 2 amide bonds. The summed E-state index contributed by atoms with van der Waals surface area (Å²) in [5, 5.41) is 4.15. The van der Waals surface area contributed by atoms with Crippen LogP contribution < -0.4 is 5.32 Å². The summed E-state index contributed by atoms with van der Waals surface area (Å²) in [5.74, 6) is -0.332. The number of carbonyl (C=O) groups excluding carboxylic acids is 2. The monoisotopic (exact) mass is 425 g/mol. The van der Waals surface area contributed by atoms with Gasteiger partial charge in [0.25, 0.3) is 11.8 Å². The van der Waals surface area contributed by atoms with E-state index < -0.39 is 0 Å². The number of halogens is 1. The first-order valence-corrected chi connectivity index (χ1v) is 10.7. The van der Waals surface area contributed by atoms with Gasteiger partial charge in [-0.05, 0) is 37.5 Å². The molecule has 0 radical (unpaired) electrons. The van der Waals surface area contributed by atoms with Gasteiger partial charge in [-0.3, -0.25) is 9.59 Å². The van der Waals surface area contributed by atoms with E-state index in [4.69, 9.17) is 11.6 Å². The summed E-state index contributed by atoms with van der Waals surface area (Å²) in [6.45, 7) is 1.52. The van der Waals surface area contributed by atoms with Gasteiger partial charge in [0, 0.05) is 18.7 Å². The molecule has 0 bridgehead atoms. The van der Waals surface area contributed by atoms with Crippen molar-refractivity contribution in [2.24, 2.45) is 0 Å². The third-order valence-corrected chi connectivity index (χ3v) is 6.24. The number of carbonyl (C=O) groups is 2. The molecule has 0 saturated carbocycles. The largest absolute Gasteiger partial charge is 0.339 e. The Hall–Kier alpha value is -2.70. The number of amides is 2. The van der Waals surface area contributed by atoms with E-state index >= 15 is 0 Å². The minimum atomic E-state index is -0.292. The zero-order valence-electron chi connectivity index (χ0n) is 15.7. The van der Waals surface area contributed by atoms with Crippen molar-refractivity contribution in [3.05, 3.63) is 70.2 Å². The molecule has 2 aromatic carbocycles.